The fourth-order valence-corrected chi connectivity index (χ4v) is 3.66. The molecule has 2 aromatic heterocycles. The number of ketones is 1. The summed E-state index contributed by atoms with van der Waals surface area (Å²) in [6.45, 7) is 3.74. The molecule has 0 bridgehead atoms. The first-order chi connectivity index (χ1) is 11.6. The third-order valence-corrected chi connectivity index (χ3v) is 5.06. The maximum Gasteiger partial charge on any atom is 0.161 e. The van der Waals surface area contributed by atoms with E-state index >= 15 is 0 Å². The van der Waals surface area contributed by atoms with Gasteiger partial charge in [-0.1, -0.05) is 22.0 Å². The van der Waals surface area contributed by atoms with Crippen molar-refractivity contribution in [1.82, 2.24) is 14.8 Å². The molecule has 0 atom stereocenters. The van der Waals surface area contributed by atoms with Gasteiger partial charge in [0.1, 0.15) is 0 Å². The van der Waals surface area contributed by atoms with E-state index in [4.69, 9.17) is 4.74 Å². The zero-order chi connectivity index (χ0) is 16.7. The first-order valence-electron chi connectivity index (χ1n) is 7.73. The summed E-state index contributed by atoms with van der Waals surface area (Å²) in [4.78, 5) is 12.1. The number of nitrogens with zero attached hydrogens (tertiary/aromatic N) is 3. The predicted octanol–water partition coefficient (Wildman–Crippen LogP) is 3.46. The fourth-order valence-electron chi connectivity index (χ4n) is 3.07. The van der Waals surface area contributed by atoms with E-state index in [9.17, 15) is 4.79 Å². The zero-order valence-electron chi connectivity index (χ0n) is 13.2. The zero-order valence-corrected chi connectivity index (χ0v) is 14.8. The second-order valence-corrected chi connectivity index (χ2v) is 7.92. The van der Waals surface area contributed by atoms with Crippen LogP contribution >= 0.6 is 15.9 Å². The molecule has 0 aliphatic carbocycles. The number of Topliss-reactive ketones (excluding diaryl/α,β-unsaturated/α-hetero) is 1. The molecule has 0 unspecified atom stereocenters. The number of halogens is 1. The molecule has 24 heavy (non-hydrogen) atoms. The van der Waals surface area contributed by atoms with Crippen LogP contribution in [0.25, 0.3) is 22.0 Å². The van der Waals surface area contributed by atoms with Crippen LogP contribution < -0.4 is 0 Å². The third kappa shape index (κ3) is 2.65. The Labute approximate surface area is 147 Å². The lowest BCUT2D eigenvalue weighted by molar-refractivity contribution is -0.0116. The quantitative estimate of drug-likeness (QED) is 0.509. The van der Waals surface area contributed by atoms with Crippen LogP contribution in [0.5, 0.6) is 0 Å². The van der Waals surface area contributed by atoms with Crippen LogP contribution in [0.3, 0.4) is 0 Å². The number of hydrogen-bond donors (Lipinski definition) is 0. The second kappa shape index (κ2) is 5.79. The Morgan fingerprint density at radius 2 is 2.12 bits per heavy atom. The molecule has 4 rings (SSSR count). The number of fused-ring (bicyclic) bond motifs is 1. The summed E-state index contributed by atoms with van der Waals surface area (Å²) < 4.78 is 7.41. The van der Waals surface area contributed by atoms with E-state index < -0.39 is 0 Å². The molecule has 1 aliphatic heterocycles. The lowest BCUT2D eigenvalue weighted by Crippen LogP contribution is -2.47. The number of rotatable bonds is 4. The van der Waals surface area contributed by atoms with E-state index in [0.29, 0.717) is 13.2 Å². The van der Waals surface area contributed by atoms with E-state index in [-0.39, 0.29) is 10.1 Å². The van der Waals surface area contributed by atoms with Crippen molar-refractivity contribution in [2.45, 2.75) is 17.8 Å². The molecular weight excluding hydrogens is 370 g/mol. The summed E-state index contributed by atoms with van der Waals surface area (Å²) in [6, 6.07) is 8.08. The summed E-state index contributed by atoms with van der Waals surface area (Å²) in [6.07, 6.45) is 5.34. The number of benzene rings is 1. The van der Waals surface area contributed by atoms with E-state index in [1.165, 1.54) is 0 Å². The van der Waals surface area contributed by atoms with Gasteiger partial charge in [0.2, 0.25) is 0 Å². The van der Waals surface area contributed by atoms with Crippen molar-refractivity contribution in [1.29, 1.82) is 0 Å². The molecule has 1 aliphatic rings. The van der Waals surface area contributed by atoms with Crippen molar-refractivity contribution in [3.05, 3.63) is 48.4 Å². The van der Waals surface area contributed by atoms with Crippen molar-refractivity contribution >= 4 is 32.6 Å². The molecule has 0 N–H and O–H groups in total. The first kappa shape index (κ1) is 15.5. The van der Waals surface area contributed by atoms with Crippen LogP contribution in [0, 0.1) is 0 Å². The van der Waals surface area contributed by atoms with Gasteiger partial charge in [-0.3, -0.25) is 4.79 Å². The van der Waals surface area contributed by atoms with E-state index in [0.717, 1.165) is 34.1 Å². The van der Waals surface area contributed by atoms with Gasteiger partial charge in [0.05, 0.1) is 29.9 Å². The van der Waals surface area contributed by atoms with Gasteiger partial charge in [-0.2, -0.15) is 10.2 Å². The highest BCUT2D eigenvalue weighted by Gasteiger charge is 2.36. The maximum absolute atomic E-state index is 12.1. The Kier molecular flexibility index (Phi) is 3.73. The van der Waals surface area contributed by atoms with Crippen LogP contribution in [0.4, 0.5) is 0 Å². The summed E-state index contributed by atoms with van der Waals surface area (Å²) >= 11 is 3.74. The van der Waals surface area contributed by atoms with Gasteiger partial charge in [0.15, 0.2) is 5.78 Å². The second-order valence-electron chi connectivity index (χ2n) is 6.23. The van der Waals surface area contributed by atoms with Gasteiger partial charge in [-0.15, -0.1) is 0 Å². The number of hydrogen-bond acceptors (Lipinski definition) is 4. The van der Waals surface area contributed by atoms with Gasteiger partial charge in [0, 0.05) is 34.8 Å². The van der Waals surface area contributed by atoms with Crippen LogP contribution in [-0.4, -0.2) is 38.1 Å². The van der Waals surface area contributed by atoms with Crippen LogP contribution in [0.1, 0.15) is 17.3 Å². The topological polar surface area (TPSA) is 57.0 Å². The molecule has 6 heteroatoms. The van der Waals surface area contributed by atoms with Gasteiger partial charge < -0.3 is 9.30 Å². The molecule has 0 spiro atoms. The Bertz CT molecular complexity index is 917. The molecule has 1 aromatic carbocycles. The minimum atomic E-state index is -0.0410. The van der Waals surface area contributed by atoms with Gasteiger partial charge in [0.25, 0.3) is 0 Å². The minimum absolute atomic E-state index is 0.0410. The normalized spacial score (nSPS) is 16.1. The van der Waals surface area contributed by atoms with Crippen molar-refractivity contribution in [2.75, 3.05) is 13.2 Å². The molecular formula is C18H16BrN3O2. The minimum Gasteiger partial charge on any atom is -0.378 e. The molecule has 1 fully saturated rings. The fraction of sp³-hybridized carbons (Fsp3) is 0.278. The standard InChI is InChI=1S/C18H16BrN3O2/c1-12(23)16-8-22(9-18(19)10-24-11-18)17-3-2-13(6-15(16)17)14-4-5-20-21-7-14/h2-8H,9-11H2,1H3. The average molecular weight is 386 g/mol. The van der Waals surface area contributed by atoms with Crippen molar-refractivity contribution in [3.8, 4) is 11.1 Å². The van der Waals surface area contributed by atoms with Gasteiger partial charge in [-0.25, -0.2) is 0 Å². The van der Waals surface area contributed by atoms with Gasteiger partial charge in [-0.05, 0) is 30.7 Å². The lowest BCUT2D eigenvalue weighted by Gasteiger charge is -2.36. The average Bonchev–Trinajstić information content (AvgIpc) is 2.92. The largest absolute Gasteiger partial charge is 0.378 e. The molecule has 3 heterocycles. The van der Waals surface area contributed by atoms with Crippen LogP contribution in [0.15, 0.2) is 42.9 Å². The predicted molar refractivity (Wildman–Crippen MR) is 95.4 cm³/mol. The molecule has 122 valence electrons. The number of alkyl halides is 1. The third-order valence-electron chi connectivity index (χ3n) is 4.35. The van der Waals surface area contributed by atoms with Crippen LogP contribution in [-0.2, 0) is 11.3 Å². The van der Waals surface area contributed by atoms with Crippen molar-refractivity contribution in [2.24, 2.45) is 0 Å². The SMILES string of the molecule is CC(=O)c1cn(CC2(Br)COC2)c2ccc(-c3ccnnc3)cc12. The van der Waals surface area contributed by atoms with E-state index in [1.54, 1.807) is 19.3 Å². The molecule has 0 radical (unpaired) electrons. The number of carbonyl (C=O) groups is 1. The van der Waals surface area contributed by atoms with Gasteiger partial charge >= 0.3 is 0 Å². The highest BCUT2D eigenvalue weighted by atomic mass is 79.9. The van der Waals surface area contributed by atoms with E-state index in [2.05, 4.69) is 48.9 Å². The summed E-state index contributed by atoms with van der Waals surface area (Å²) in [5.41, 5.74) is 3.80. The highest BCUT2D eigenvalue weighted by molar-refractivity contribution is 9.10. The number of carbonyl (C=O) groups excluding carboxylic acids is 1. The lowest BCUT2D eigenvalue weighted by atomic mass is 10.0. The smallest absolute Gasteiger partial charge is 0.161 e. The summed E-state index contributed by atoms with van der Waals surface area (Å²) in [5.74, 6) is 0.0669. The molecule has 0 saturated carbocycles. The first-order valence-corrected chi connectivity index (χ1v) is 8.53. The Morgan fingerprint density at radius 3 is 2.75 bits per heavy atom. The Hall–Kier alpha value is -2.05. The molecule has 5 nitrogen and oxygen atoms in total. The highest BCUT2D eigenvalue weighted by Crippen LogP contribution is 2.33. The summed E-state index contributed by atoms with van der Waals surface area (Å²) in [5, 5.41) is 8.71. The maximum atomic E-state index is 12.1. The van der Waals surface area contributed by atoms with E-state index in [1.807, 2.05) is 12.3 Å². The number of aromatic nitrogens is 3. The molecule has 0 amide bonds. The Morgan fingerprint density at radius 1 is 1.29 bits per heavy atom. The molecule has 3 aromatic rings. The summed E-state index contributed by atoms with van der Waals surface area (Å²) in [7, 11) is 0. The van der Waals surface area contributed by atoms with Crippen molar-refractivity contribution in [3.63, 3.8) is 0 Å². The van der Waals surface area contributed by atoms with Crippen LogP contribution in [0.2, 0.25) is 0 Å². The number of ether oxygens (including phenoxy) is 1. The van der Waals surface area contributed by atoms with Crippen molar-refractivity contribution < 1.29 is 9.53 Å². The monoisotopic (exact) mass is 385 g/mol. The molecule has 1 saturated heterocycles. The Balaban J connectivity index is 1.83.